The predicted octanol–water partition coefficient (Wildman–Crippen LogP) is 3.57. The van der Waals surface area contributed by atoms with Crippen LogP contribution in [0.5, 0.6) is 5.75 Å². The summed E-state index contributed by atoms with van der Waals surface area (Å²) >= 11 is 1.47. The second-order valence-corrected chi connectivity index (χ2v) is 11.6. The summed E-state index contributed by atoms with van der Waals surface area (Å²) in [5, 5.41) is 4.27. The molecular weight excluding hydrogens is 472 g/mol. The molecule has 2 aliphatic heterocycles. The van der Waals surface area contributed by atoms with Crippen molar-refractivity contribution in [3.63, 3.8) is 0 Å². The smallest absolute Gasteiger partial charge is 0.175 e. The van der Waals surface area contributed by atoms with Crippen molar-refractivity contribution in [3.05, 3.63) is 48.0 Å². The molecule has 2 aliphatic carbocycles. The molecule has 5 N–H and O–H groups in total. The van der Waals surface area contributed by atoms with Crippen LogP contribution in [0.4, 0.5) is 17.5 Å². The first-order valence-corrected chi connectivity index (χ1v) is 13.5. The molecule has 9 nitrogen and oxygen atoms in total. The molecule has 0 bridgehead atoms. The van der Waals surface area contributed by atoms with Gasteiger partial charge >= 0.3 is 0 Å². The average Bonchev–Trinajstić information content (AvgIpc) is 3.15. The van der Waals surface area contributed by atoms with E-state index in [9.17, 15) is 0 Å². The van der Waals surface area contributed by atoms with Crippen LogP contribution in [0.1, 0.15) is 49.4 Å². The third kappa shape index (κ3) is 3.49. The van der Waals surface area contributed by atoms with Crippen molar-refractivity contribution in [2.75, 3.05) is 35.6 Å². The van der Waals surface area contributed by atoms with Gasteiger partial charge in [-0.2, -0.15) is 0 Å². The Kier molecular flexibility index (Phi) is 5.04. The van der Waals surface area contributed by atoms with Crippen LogP contribution in [0.2, 0.25) is 0 Å². The number of ether oxygens (including phenoxy) is 1. The minimum atomic E-state index is 0.0421. The monoisotopic (exact) mass is 502 g/mol. The summed E-state index contributed by atoms with van der Waals surface area (Å²) in [5.41, 5.74) is 15.6. The van der Waals surface area contributed by atoms with Gasteiger partial charge in [0.2, 0.25) is 0 Å². The molecular formula is C26H30N8OS. The summed E-state index contributed by atoms with van der Waals surface area (Å²) in [6.45, 7) is 2.42. The van der Waals surface area contributed by atoms with Crippen molar-refractivity contribution in [1.82, 2.24) is 19.9 Å². The number of nitrogen functional groups attached to an aromatic ring is 1. The molecule has 5 heterocycles. The molecule has 2 spiro atoms. The average molecular weight is 503 g/mol. The van der Waals surface area contributed by atoms with Crippen molar-refractivity contribution in [3.8, 4) is 5.75 Å². The Bertz CT molecular complexity index is 1320. The van der Waals surface area contributed by atoms with Crippen molar-refractivity contribution in [2.24, 2.45) is 11.1 Å². The Morgan fingerprint density at radius 2 is 1.94 bits per heavy atom. The number of hydrogen-bond acceptors (Lipinski definition) is 10. The zero-order chi connectivity index (χ0) is 24.3. The van der Waals surface area contributed by atoms with Gasteiger partial charge in [0.25, 0.3) is 0 Å². The van der Waals surface area contributed by atoms with Gasteiger partial charge in [-0.25, -0.2) is 15.0 Å². The molecule has 4 aliphatic rings. The Labute approximate surface area is 214 Å². The molecule has 1 saturated carbocycles. The maximum absolute atomic E-state index is 6.70. The lowest BCUT2D eigenvalue weighted by Gasteiger charge is -2.45. The van der Waals surface area contributed by atoms with Gasteiger partial charge in [0, 0.05) is 37.2 Å². The highest BCUT2D eigenvalue weighted by Crippen LogP contribution is 2.50. The SMILES string of the molecule is Nc1nc(N2CCC3(CC2)Cc2ncccc2[C@H]3N)cnc1Sc1ccnc2c1OCC1(CCC1)N2. The van der Waals surface area contributed by atoms with Crippen LogP contribution in [0.25, 0.3) is 0 Å². The molecule has 0 radical (unpaired) electrons. The van der Waals surface area contributed by atoms with Crippen LogP contribution in [-0.2, 0) is 6.42 Å². The van der Waals surface area contributed by atoms with Gasteiger partial charge < -0.3 is 26.4 Å². The molecule has 0 unspecified atom stereocenters. The summed E-state index contributed by atoms with van der Waals surface area (Å²) in [7, 11) is 0. The quantitative estimate of drug-likeness (QED) is 0.489. The number of rotatable bonds is 3. The zero-order valence-corrected chi connectivity index (χ0v) is 20.9. The minimum absolute atomic E-state index is 0.0421. The first kappa shape index (κ1) is 22.1. The molecule has 186 valence electrons. The van der Waals surface area contributed by atoms with E-state index in [1.54, 1.807) is 6.20 Å². The maximum atomic E-state index is 6.70. The lowest BCUT2D eigenvalue weighted by atomic mass is 9.73. The van der Waals surface area contributed by atoms with E-state index >= 15 is 0 Å². The molecule has 1 saturated heterocycles. The summed E-state index contributed by atoms with van der Waals surface area (Å²) < 4.78 is 6.16. The van der Waals surface area contributed by atoms with E-state index in [2.05, 4.69) is 26.3 Å². The van der Waals surface area contributed by atoms with E-state index in [-0.39, 0.29) is 17.0 Å². The number of pyridine rings is 2. The highest BCUT2D eigenvalue weighted by Gasteiger charge is 2.47. The van der Waals surface area contributed by atoms with Gasteiger partial charge in [-0.3, -0.25) is 4.98 Å². The fourth-order valence-electron chi connectivity index (χ4n) is 6.15. The van der Waals surface area contributed by atoms with Crippen LogP contribution in [0, 0.1) is 5.41 Å². The lowest BCUT2D eigenvalue weighted by Crippen LogP contribution is -2.52. The summed E-state index contributed by atoms with van der Waals surface area (Å²) in [4.78, 5) is 21.7. The van der Waals surface area contributed by atoms with Gasteiger partial charge in [0.1, 0.15) is 17.5 Å². The van der Waals surface area contributed by atoms with Crippen LogP contribution < -0.4 is 26.4 Å². The van der Waals surface area contributed by atoms with Crippen molar-refractivity contribution in [2.45, 2.75) is 60.0 Å². The molecule has 0 amide bonds. The third-order valence-electron chi connectivity index (χ3n) is 8.54. The van der Waals surface area contributed by atoms with E-state index in [0.717, 1.165) is 73.2 Å². The summed E-state index contributed by atoms with van der Waals surface area (Å²) in [6, 6.07) is 6.10. The van der Waals surface area contributed by atoms with Gasteiger partial charge in [-0.1, -0.05) is 17.8 Å². The highest BCUT2D eigenvalue weighted by atomic mass is 32.2. The number of fused-ring (bicyclic) bond motifs is 2. The number of nitrogens with zero attached hydrogens (tertiary/aromatic N) is 5. The standard InChI is InChI=1S/C26H30N8OS/c27-21-16-3-1-9-29-17(16)13-25(21)7-11-34(12-8-25)19-14-31-24(22(28)32-19)36-18-4-10-30-23-20(18)35-15-26(33-23)5-2-6-26/h1,3-4,9-10,14,21H,2,5-8,11-13,15,27H2,(H2,28,32)(H,30,33)/t21-/m1/s1. The highest BCUT2D eigenvalue weighted by molar-refractivity contribution is 7.99. The molecule has 10 heteroatoms. The first-order valence-electron chi connectivity index (χ1n) is 12.7. The van der Waals surface area contributed by atoms with Crippen LogP contribution in [0.3, 0.4) is 0 Å². The second kappa shape index (κ2) is 8.21. The zero-order valence-electron chi connectivity index (χ0n) is 20.1. The lowest BCUT2D eigenvalue weighted by molar-refractivity contribution is 0.144. The molecule has 1 atom stereocenters. The van der Waals surface area contributed by atoms with E-state index in [1.165, 1.54) is 23.7 Å². The van der Waals surface area contributed by atoms with Crippen molar-refractivity contribution in [1.29, 1.82) is 0 Å². The van der Waals surface area contributed by atoms with E-state index < -0.39 is 0 Å². The van der Waals surface area contributed by atoms with E-state index in [1.807, 2.05) is 24.5 Å². The van der Waals surface area contributed by atoms with Crippen molar-refractivity contribution >= 4 is 29.2 Å². The minimum Gasteiger partial charge on any atom is -0.486 e. The molecule has 36 heavy (non-hydrogen) atoms. The fourth-order valence-corrected chi connectivity index (χ4v) is 6.99. The first-order chi connectivity index (χ1) is 17.5. The molecule has 3 aromatic rings. The van der Waals surface area contributed by atoms with Crippen LogP contribution in [-0.4, -0.2) is 45.2 Å². The Morgan fingerprint density at radius 3 is 2.69 bits per heavy atom. The number of piperidine rings is 1. The van der Waals surface area contributed by atoms with Gasteiger partial charge in [0.15, 0.2) is 17.4 Å². The second-order valence-electron chi connectivity index (χ2n) is 10.6. The summed E-state index contributed by atoms with van der Waals surface area (Å²) in [6.07, 6.45) is 11.9. The summed E-state index contributed by atoms with van der Waals surface area (Å²) in [5.74, 6) is 2.82. The largest absolute Gasteiger partial charge is 0.486 e. The van der Waals surface area contributed by atoms with Gasteiger partial charge in [-0.15, -0.1) is 0 Å². The Morgan fingerprint density at radius 1 is 1.08 bits per heavy atom. The normalized spacial score (nSPS) is 22.9. The number of aromatic nitrogens is 4. The van der Waals surface area contributed by atoms with Crippen LogP contribution in [0.15, 0.2) is 46.7 Å². The van der Waals surface area contributed by atoms with E-state index in [4.69, 9.17) is 26.2 Å². The topological polar surface area (TPSA) is 128 Å². The predicted molar refractivity (Wildman–Crippen MR) is 139 cm³/mol. The molecule has 2 fully saturated rings. The fraction of sp³-hybridized carbons (Fsp3) is 0.462. The number of hydrogen-bond donors (Lipinski definition) is 3. The molecule has 3 aromatic heterocycles. The number of anilines is 3. The van der Waals surface area contributed by atoms with E-state index in [0.29, 0.717) is 17.5 Å². The molecule has 7 rings (SSSR count). The van der Waals surface area contributed by atoms with Crippen LogP contribution >= 0.6 is 11.8 Å². The van der Waals surface area contributed by atoms with Crippen molar-refractivity contribution < 1.29 is 4.74 Å². The van der Waals surface area contributed by atoms with Gasteiger partial charge in [0.05, 0.1) is 16.6 Å². The third-order valence-corrected chi connectivity index (χ3v) is 9.59. The number of nitrogens with two attached hydrogens (primary N) is 2. The number of nitrogens with one attached hydrogen (secondary N) is 1. The van der Waals surface area contributed by atoms with Gasteiger partial charge in [-0.05, 0) is 61.6 Å². The Balaban J connectivity index is 1.05. The molecule has 0 aromatic carbocycles. The Hall–Kier alpha value is -3.11. The maximum Gasteiger partial charge on any atom is 0.175 e.